The van der Waals surface area contributed by atoms with E-state index in [1.54, 1.807) is 12.1 Å². The van der Waals surface area contributed by atoms with Crippen molar-refractivity contribution in [1.29, 1.82) is 0 Å². The van der Waals surface area contributed by atoms with Gasteiger partial charge >= 0.3 is 5.97 Å². The van der Waals surface area contributed by atoms with Crippen LogP contribution in [-0.4, -0.2) is 69.2 Å². The van der Waals surface area contributed by atoms with E-state index in [1.807, 2.05) is 25.2 Å². The molecule has 1 saturated carbocycles. The first-order chi connectivity index (χ1) is 15.4. The lowest BCUT2D eigenvalue weighted by Gasteiger charge is -2.33. The van der Waals surface area contributed by atoms with E-state index in [0.29, 0.717) is 29.6 Å². The van der Waals surface area contributed by atoms with Crippen molar-refractivity contribution in [3.8, 4) is 0 Å². The van der Waals surface area contributed by atoms with Crippen LogP contribution in [0.5, 0.6) is 0 Å². The molecule has 2 heterocycles. The van der Waals surface area contributed by atoms with Crippen molar-refractivity contribution in [2.45, 2.75) is 43.8 Å². The third-order valence-corrected chi connectivity index (χ3v) is 6.65. The number of hydrogen-bond acceptors (Lipinski definition) is 7. The maximum Gasteiger partial charge on any atom is 0.343 e. The molecule has 2 unspecified atom stereocenters. The molecule has 1 aromatic carbocycles. The number of quaternary nitrogens is 1. The number of nitrogens with one attached hydrogen (secondary N) is 1. The minimum Gasteiger partial charge on any atom is -1.00 e. The Kier molecular flexibility index (Phi) is 8.14. The topological polar surface area (TPSA) is 114 Å². The molecule has 33 heavy (non-hydrogen) atoms. The number of aromatic nitrogens is 3. The van der Waals surface area contributed by atoms with Crippen LogP contribution in [0.2, 0.25) is 0 Å². The van der Waals surface area contributed by atoms with Crippen LogP contribution in [0.4, 0.5) is 5.95 Å². The fraction of sp³-hybridized carbons (Fsp3) is 0.522. The smallest absolute Gasteiger partial charge is 0.343 e. The van der Waals surface area contributed by atoms with Gasteiger partial charge in [0.15, 0.2) is 18.2 Å². The summed E-state index contributed by atoms with van der Waals surface area (Å²) in [5, 5.41) is 14.3. The summed E-state index contributed by atoms with van der Waals surface area (Å²) in [4.78, 5) is 37.3. The van der Waals surface area contributed by atoms with Gasteiger partial charge in [-0.25, -0.2) is 19.7 Å². The molecule has 2 aliphatic rings. The highest BCUT2D eigenvalue weighted by Crippen LogP contribution is 2.42. The van der Waals surface area contributed by atoms with E-state index in [0.717, 1.165) is 25.7 Å². The van der Waals surface area contributed by atoms with Crippen LogP contribution < -0.4 is 22.3 Å². The second-order valence-corrected chi connectivity index (χ2v) is 9.12. The molecule has 2 fully saturated rings. The lowest BCUT2D eigenvalue weighted by atomic mass is 9.80. The predicted molar refractivity (Wildman–Crippen MR) is 116 cm³/mol. The standard InChI is InChI=1S/C23H29N5O4.BrH/c1-28(14-20(29)27-22-25-15-24-16-26-22)12-11-19(13-28)32-21(30)23(31,18-9-5-6-10-18)17-7-3-2-4-8-17;/h2-4,7-8,15-16,18-19,31H,5-6,9-14H2,1H3;1H/t19-,23?,28?;/m1./s1. The number of hydrogen-bond donors (Lipinski definition) is 2. The Morgan fingerprint density at radius 1 is 1.15 bits per heavy atom. The van der Waals surface area contributed by atoms with Crippen LogP contribution in [0.1, 0.15) is 37.7 Å². The Hall–Kier alpha value is -2.43. The van der Waals surface area contributed by atoms with Crippen molar-refractivity contribution in [2.75, 3.05) is 32.0 Å². The van der Waals surface area contributed by atoms with Gasteiger partial charge in [0.2, 0.25) is 5.95 Å². The molecule has 1 aliphatic carbocycles. The molecule has 4 rings (SSSR count). The number of carbonyl (C=O) groups excluding carboxylic acids is 2. The number of rotatable bonds is 7. The summed E-state index contributed by atoms with van der Waals surface area (Å²) < 4.78 is 6.30. The summed E-state index contributed by atoms with van der Waals surface area (Å²) in [6.45, 7) is 1.41. The molecule has 1 amide bonds. The van der Waals surface area contributed by atoms with Gasteiger partial charge in [-0.15, -0.1) is 0 Å². The van der Waals surface area contributed by atoms with E-state index in [2.05, 4.69) is 20.3 Å². The largest absolute Gasteiger partial charge is 1.00 e. The maximum atomic E-state index is 13.3. The molecule has 0 bridgehead atoms. The highest BCUT2D eigenvalue weighted by Gasteiger charge is 2.50. The normalized spacial score (nSPS) is 24.5. The van der Waals surface area contributed by atoms with E-state index >= 15 is 0 Å². The van der Waals surface area contributed by atoms with E-state index in [-0.39, 0.29) is 47.4 Å². The van der Waals surface area contributed by atoms with Crippen LogP contribution in [0.3, 0.4) is 0 Å². The van der Waals surface area contributed by atoms with Crippen molar-refractivity contribution in [3.05, 3.63) is 48.5 Å². The lowest BCUT2D eigenvalue weighted by molar-refractivity contribution is -0.890. The summed E-state index contributed by atoms with van der Waals surface area (Å²) >= 11 is 0. The van der Waals surface area contributed by atoms with Gasteiger partial charge in [-0.1, -0.05) is 43.2 Å². The average molecular weight is 520 g/mol. The van der Waals surface area contributed by atoms with Gasteiger partial charge in [-0.05, 0) is 18.4 Å². The molecule has 2 N–H and O–H groups in total. The highest BCUT2D eigenvalue weighted by atomic mass is 79.9. The molecule has 178 valence electrons. The van der Waals surface area contributed by atoms with E-state index < -0.39 is 11.6 Å². The zero-order chi connectivity index (χ0) is 22.6. The number of aliphatic hydroxyl groups is 1. The number of benzene rings is 1. The Morgan fingerprint density at radius 2 is 1.82 bits per heavy atom. The lowest BCUT2D eigenvalue weighted by Crippen LogP contribution is -3.00. The Balaban J connectivity index is 0.00000306. The average Bonchev–Trinajstić information content (AvgIpc) is 3.45. The molecule has 1 aliphatic heterocycles. The van der Waals surface area contributed by atoms with Gasteiger partial charge in [-0.2, -0.15) is 0 Å². The van der Waals surface area contributed by atoms with E-state index in [9.17, 15) is 14.7 Å². The quantitative estimate of drug-likeness (QED) is 0.343. The summed E-state index contributed by atoms with van der Waals surface area (Å²) in [5.41, 5.74) is -1.05. The van der Waals surface area contributed by atoms with Crippen LogP contribution in [0, 0.1) is 5.92 Å². The number of amides is 1. The molecule has 1 saturated heterocycles. The first kappa shape index (κ1) is 25.2. The fourth-order valence-corrected chi connectivity index (χ4v) is 4.98. The monoisotopic (exact) mass is 519 g/mol. The Labute approximate surface area is 204 Å². The summed E-state index contributed by atoms with van der Waals surface area (Å²) in [6, 6.07) is 9.11. The van der Waals surface area contributed by atoms with Gasteiger partial charge in [0.1, 0.15) is 19.2 Å². The van der Waals surface area contributed by atoms with Crippen molar-refractivity contribution < 1.29 is 40.9 Å². The van der Waals surface area contributed by atoms with Gasteiger partial charge in [0.25, 0.3) is 5.91 Å². The highest BCUT2D eigenvalue weighted by molar-refractivity contribution is 5.89. The number of nitrogens with zero attached hydrogens (tertiary/aromatic N) is 4. The molecule has 0 radical (unpaired) electrons. The number of likely N-dealkylation sites (N-methyl/N-ethyl adjacent to an activating group) is 1. The minimum absolute atomic E-state index is 0. The van der Waals surface area contributed by atoms with Crippen LogP contribution in [0.25, 0.3) is 0 Å². The zero-order valence-electron chi connectivity index (χ0n) is 18.7. The van der Waals surface area contributed by atoms with Gasteiger partial charge in [0.05, 0.1) is 13.6 Å². The maximum absolute atomic E-state index is 13.3. The molecule has 1 aromatic heterocycles. The third kappa shape index (κ3) is 5.74. The summed E-state index contributed by atoms with van der Waals surface area (Å²) in [7, 11) is 1.96. The number of carbonyl (C=O) groups is 2. The number of likely N-dealkylation sites (tertiary alicyclic amines) is 1. The van der Waals surface area contributed by atoms with Crippen LogP contribution in [0.15, 0.2) is 43.0 Å². The zero-order valence-corrected chi connectivity index (χ0v) is 20.3. The fourth-order valence-electron chi connectivity index (χ4n) is 4.98. The van der Waals surface area contributed by atoms with Crippen molar-refractivity contribution >= 4 is 17.8 Å². The Morgan fingerprint density at radius 3 is 2.48 bits per heavy atom. The number of anilines is 1. The van der Waals surface area contributed by atoms with Gasteiger partial charge < -0.3 is 31.3 Å². The SMILES string of the molecule is C[N+]1(CC(=O)Nc2ncncn2)CC[C@@H](OC(=O)C(O)(c2ccccc2)C2CCCC2)C1.[Br-]. The molecule has 0 spiro atoms. The molecular weight excluding hydrogens is 490 g/mol. The van der Waals surface area contributed by atoms with Crippen LogP contribution in [-0.2, 0) is 19.9 Å². The second-order valence-electron chi connectivity index (χ2n) is 9.12. The van der Waals surface area contributed by atoms with Crippen molar-refractivity contribution in [1.82, 2.24) is 15.0 Å². The van der Waals surface area contributed by atoms with Gasteiger partial charge in [-0.3, -0.25) is 10.1 Å². The number of esters is 1. The predicted octanol–water partition coefficient (Wildman–Crippen LogP) is -1.35. The number of halogens is 1. The third-order valence-electron chi connectivity index (χ3n) is 6.65. The second kappa shape index (κ2) is 10.7. The first-order valence-electron chi connectivity index (χ1n) is 11.1. The van der Waals surface area contributed by atoms with Crippen molar-refractivity contribution in [3.63, 3.8) is 0 Å². The molecule has 2 aromatic rings. The summed E-state index contributed by atoms with van der Waals surface area (Å²) in [5.74, 6) is -0.727. The van der Waals surface area contributed by atoms with E-state index in [4.69, 9.17) is 4.74 Å². The molecule has 9 nitrogen and oxygen atoms in total. The first-order valence-corrected chi connectivity index (χ1v) is 11.1. The van der Waals surface area contributed by atoms with Gasteiger partial charge in [0, 0.05) is 12.3 Å². The number of ether oxygens (including phenoxy) is 1. The Bertz CT molecular complexity index is 944. The molecular formula is C23H30BrN5O4. The molecule has 10 heteroatoms. The van der Waals surface area contributed by atoms with E-state index in [1.165, 1.54) is 12.7 Å². The van der Waals surface area contributed by atoms with Crippen LogP contribution >= 0.6 is 0 Å². The minimum atomic E-state index is -1.64. The van der Waals surface area contributed by atoms with Crippen molar-refractivity contribution in [2.24, 2.45) is 5.92 Å². The molecule has 3 atom stereocenters. The summed E-state index contributed by atoms with van der Waals surface area (Å²) in [6.07, 6.45) is 6.53.